The summed E-state index contributed by atoms with van der Waals surface area (Å²) in [4.78, 5) is 25.4. The fourth-order valence-electron chi connectivity index (χ4n) is 3.81. The molecule has 2 atom stereocenters. The van der Waals surface area contributed by atoms with Crippen LogP contribution in [0.3, 0.4) is 0 Å². The predicted molar refractivity (Wildman–Crippen MR) is 166 cm³/mol. The minimum atomic E-state index is -4.44. The van der Waals surface area contributed by atoms with E-state index in [4.69, 9.17) is 22.7 Å². The van der Waals surface area contributed by atoms with Gasteiger partial charge < -0.3 is 18.5 Å². The smallest absolute Gasteiger partial charge is 0.336 e. The van der Waals surface area contributed by atoms with E-state index in [0.29, 0.717) is 11.1 Å². The van der Waals surface area contributed by atoms with Crippen molar-refractivity contribution in [2.45, 2.75) is 37.6 Å². The molecule has 0 radical (unpaired) electrons. The van der Waals surface area contributed by atoms with Crippen molar-refractivity contribution >= 4 is 61.5 Å². The summed E-state index contributed by atoms with van der Waals surface area (Å²) in [5, 5.41) is 0. The molecule has 43 heavy (non-hydrogen) atoms. The standard InChI is InChI=1S/C29H31Br2O10PS/c1-20-4-14-26(15-5-20)43(35,36)41-27(29(33)38-3)16-23(28(32)37-2)19-42(34,39-17-21-6-10-24(30)11-7-21)40-18-22-8-12-25(31)13-9-22/h4-15,23,27H,16-19H2,1-3H3. The molecule has 0 aromatic heterocycles. The first-order valence-electron chi connectivity index (χ1n) is 12.9. The molecule has 232 valence electrons. The number of esters is 2. The molecule has 0 fully saturated rings. The van der Waals surface area contributed by atoms with Crippen LogP contribution in [0, 0.1) is 12.8 Å². The highest BCUT2D eigenvalue weighted by Gasteiger charge is 2.39. The third-order valence-corrected chi connectivity index (χ3v) is 10.5. The third-order valence-electron chi connectivity index (χ3n) is 6.18. The van der Waals surface area contributed by atoms with Gasteiger partial charge in [-0.3, -0.25) is 13.5 Å². The van der Waals surface area contributed by atoms with E-state index in [-0.39, 0.29) is 18.1 Å². The van der Waals surface area contributed by atoms with Gasteiger partial charge in [-0.1, -0.05) is 73.8 Å². The molecule has 0 saturated carbocycles. The second-order valence-electron chi connectivity index (χ2n) is 9.42. The zero-order valence-corrected chi connectivity index (χ0v) is 28.5. The van der Waals surface area contributed by atoms with E-state index in [1.165, 1.54) is 12.1 Å². The van der Waals surface area contributed by atoms with E-state index in [1.807, 2.05) is 0 Å². The van der Waals surface area contributed by atoms with Crippen LogP contribution in [0.5, 0.6) is 0 Å². The Kier molecular flexibility index (Phi) is 13.1. The first-order valence-corrected chi connectivity index (χ1v) is 17.6. The number of methoxy groups -OCH3 is 2. The normalized spacial score (nSPS) is 13.2. The van der Waals surface area contributed by atoms with Gasteiger partial charge in [0.05, 0.1) is 44.4 Å². The summed E-state index contributed by atoms with van der Waals surface area (Å²) < 4.78 is 68.3. The highest BCUT2D eigenvalue weighted by Crippen LogP contribution is 2.52. The van der Waals surface area contributed by atoms with Crippen LogP contribution in [0.15, 0.2) is 86.6 Å². The summed E-state index contributed by atoms with van der Waals surface area (Å²) in [7, 11) is -6.37. The lowest BCUT2D eigenvalue weighted by Crippen LogP contribution is -2.34. The van der Waals surface area contributed by atoms with Crippen molar-refractivity contribution in [3.63, 3.8) is 0 Å². The summed E-state index contributed by atoms with van der Waals surface area (Å²) >= 11 is 6.72. The molecule has 0 heterocycles. The molecular weight excluding hydrogens is 731 g/mol. The predicted octanol–water partition coefficient (Wildman–Crippen LogP) is 6.57. The van der Waals surface area contributed by atoms with Gasteiger partial charge in [0, 0.05) is 8.95 Å². The van der Waals surface area contributed by atoms with Gasteiger partial charge in [0.15, 0.2) is 6.10 Å². The molecule has 0 amide bonds. The van der Waals surface area contributed by atoms with E-state index in [2.05, 4.69) is 31.9 Å². The SMILES string of the molecule is COC(=O)C(CC(OS(=O)(=O)c1ccc(C)cc1)C(=O)OC)CP(=O)(OCc1ccc(Br)cc1)OCc1ccc(Br)cc1. The second-order valence-corrected chi connectivity index (χ2v) is 14.9. The van der Waals surface area contributed by atoms with Crippen molar-refractivity contribution < 1.29 is 45.3 Å². The van der Waals surface area contributed by atoms with Gasteiger partial charge in [0.2, 0.25) is 0 Å². The van der Waals surface area contributed by atoms with Crippen LogP contribution in [0.1, 0.15) is 23.1 Å². The van der Waals surface area contributed by atoms with Crippen LogP contribution >= 0.6 is 39.5 Å². The number of hydrogen-bond donors (Lipinski definition) is 0. The van der Waals surface area contributed by atoms with E-state index in [0.717, 1.165) is 28.7 Å². The zero-order valence-electron chi connectivity index (χ0n) is 23.6. The Hall–Kier alpha value is -2.38. The van der Waals surface area contributed by atoms with Crippen molar-refractivity contribution in [1.82, 2.24) is 0 Å². The first-order chi connectivity index (χ1) is 20.3. The Morgan fingerprint density at radius 1 is 0.767 bits per heavy atom. The molecule has 0 aliphatic heterocycles. The molecule has 10 nitrogen and oxygen atoms in total. The zero-order chi connectivity index (χ0) is 31.6. The molecule has 0 N–H and O–H groups in total. The Morgan fingerprint density at radius 2 is 1.23 bits per heavy atom. The second kappa shape index (κ2) is 16.1. The lowest BCUT2D eigenvalue weighted by molar-refractivity contribution is -0.152. The van der Waals surface area contributed by atoms with Crippen LogP contribution in [0.4, 0.5) is 0 Å². The van der Waals surface area contributed by atoms with Gasteiger partial charge >= 0.3 is 19.5 Å². The van der Waals surface area contributed by atoms with Gasteiger partial charge in [-0.2, -0.15) is 8.42 Å². The maximum absolute atomic E-state index is 14.1. The van der Waals surface area contributed by atoms with Crippen molar-refractivity contribution in [3.8, 4) is 0 Å². The molecule has 3 aromatic rings. The summed E-state index contributed by atoms with van der Waals surface area (Å²) in [6.45, 7) is 1.56. The van der Waals surface area contributed by atoms with Crippen molar-refractivity contribution in [2.24, 2.45) is 5.92 Å². The van der Waals surface area contributed by atoms with Crippen LogP contribution in [0.2, 0.25) is 0 Å². The lowest BCUT2D eigenvalue weighted by atomic mass is 10.0. The van der Waals surface area contributed by atoms with Crippen LogP contribution in [0.25, 0.3) is 0 Å². The molecule has 0 bridgehead atoms. The molecule has 2 unspecified atom stereocenters. The van der Waals surface area contributed by atoms with Crippen molar-refractivity contribution in [2.75, 3.05) is 20.4 Å². The average Bonchev–Trinajstić information content (AvgIpc) is 2.99. The van der Waals surface area contributed by atoms with Crippen molar-refractivity contribution in [1.29, 1.82) is 0 Å². The molecule has 3 aromatic carbocycles. The lowest BCUT2D eigenvalue weighted by Gasteiger charge is -2.25. The Balaban J connectivity index is 1.88. The van der Waals surface area contributed by atoms with E-state index < -0.39 is 54.3 Å². The van der Waals surface area contributed by atoms with E-state index >= 15 is 0 Å². The number of aryl methyl sites for hydroxylation is 1. The maximum atomic E-state index is 14.1. The quantitative estimate of drug-likeness (QED) is 0.0952. The van der Waals surface area contributed by atoms with E-state index in [9.17, 15) is 22.6 Å². The Morgan fingerprint density at radius 3 is 1.67 bits per heavy atom. The Labute approximate surface area is 267 Å². The van der Waals surface area contributed by atoms with Crippen LogP contribution in [-0.4, -0.2) is 46.8 Å². The molecular formula is C29H31Br2O10PS. The van der Waals surface area contributed by atoms with Crippen LogP contribution in [-0.2, 0) is 60.2 Å². The van der Waals surface area contributed by atoms with Gasteiger partial charge in [0.1, 0.15) is 0 Å². The highest BCUT2D eigenvalue weighted by molar-refractivity contribution is 9.10. The van der Waals surface area contributed by atoms with Crippen LogP contribution < -0.4 is 0 Å². The maximum Gasteiger partial charge on any atom is 0.336 e. The van der Waals surface area contributed by atoms with Gasteiger partial charge in [0.25, 0.3) is 10.1 Å². The topological polar surface area (TPSA) is 132 Å². The Bertz CT molecular complexity index is 1480. The molecule has 3 rings (SSSR count). The fourth-order valence-corrected chi connectivity index (χ4v) is 7.20. The molecule has 0 spiro atoms. The third kappa shape index (κ3) is 10.9. The number of rotatable bonds is 15. The number of ether oxygens (including phenoxy) is 2. The summed E-state index contributed by atoms with van der Waals surface area (Å²) in [6.07, 6.45) is -2.84. The first kappa shape index (κ1) is 35.1. The molecule has 0 saturated heterocycles. The minimum Gasteiger partial charge on any atom is -0.469 e. The molecule has 0 aliphatic rings. The van der Waals surface area contributed by atoms with Gasteiger partial charge in [-0.25, -0.2) is 4.79 Å². The van der Waals surface area contributed by atoms with Gasteiger partial charge in [-0.15, -0.1) is 0 Å². The summed E-state index contributed by atoms with van der Waals surface area (Å²) in [6, 6.07) is 20.0. The number of carbonyl (C=O) groups is 2. The molecule has 14 heteroatoms. The van der Waals surface area contributed by atoms with Gasteiger partial charge in [-0.05, 0) is 60.9 Å². The number of halogens is 2. The number of hydrogen-bond acceptors (Lipinski definition) is 10. The fraction of sp³-hybridized carbons (Fsp3) is 0.310. The number of benzene rings is 3. The minimum absolute atomic E-state index is 0.114. The largest absolute Gasteiger partial charge is 0.469 e. The highest BCUT2D eigenvalue weighted by atomic mass is 79.9. The summed E-state index contributed by atoms with van der Waals surface area (Å²) in [5.74, 6) is -3.25. The van der Waals surface area contributed by atoms with Crippen molar-refractivity contribution in [3.05, 3.63) is 98.4 Å². The molecule has 0 aliphatic carbocycles. The number of carbonyl (C=O) groups excluding carboxylic acids is 2. The monoisotopic (exact) mass is 760 g/mol. The summed E-state index contributed by atoms with van der Waals surface area (Å²) in [5.41, 5.74) is 2.19. The van der Waals surface area contributed by atoms with E-state index in [1.54, 1.807) is 67.6 Å². The average molecular weight is 762 g/mol.